The Morgan fingerprint density at radius 2 is 1.72 bits per heavy atom. The highest BCUT2D eigenvalue weighted by atomic mass is 32.1. The highest BCUT2D eigenvalue weighted by Gasteiger charge is 2.23. The summed E-state index contributed by atoms with van der Waals surface area (Å²) in [7, 11) is 0. The number of hydrogen-bond acceptors (Lipinski definition) is 8. The Morgan fingerprint density at radius 3 is 2.52 bits per heavy atom. The lowest BCUT2D eigenvalue weighted by atomic mass is 10.2. The summed E-state index contributed by atoms with van der Waals surface area (Å²) in [6, 6.07) is 8.73. The van der Waals surface area contributed by atoms with Crippen LogP contribution in [0.25, 0.3) is 10.2 Å². The molecule has 0 saturated carbocycles. The quantitative estimate of drug-likeness (QED) is 0.493. The zero-order valence-electron chi connectivity index (χ0n) is 15.9. The fourth-order valence-electron chi connectivity index (χ4n) is 3.55. The minimum atomic E-state index is -0.219. The van der Waals surface area contributed by atoms with Crippen LogP contribution in [0.1, 0.15) is 15.4 Å². The Hall–Kier alpha value is -2.65. The number of nitrogens with zero attached hydrogens (tertiary/aromatic N) is 6. The molecule has 0 radical (unpaired) electrons. The Kier molecular flexibility index (Phi) is 4.84. The second-order valence-electron chi connectivity index (χ2n) is 7.03. The van der Waals surface area contributed by atoms with E-state index in [0.717, 1.165) is 57.9 Å². The molecule has 148 valence electrons. The molecule has 9 heteroatoms. The number of anilines is 2. The SMILES string of the molecule is Cc1cc2c(N3CCN(c4nnc(Cc5ccc(F)cc5)s4)CC3)ncnc2s1. The van der Waals surface area contributed by atoms with Gasteiger partial charge in [0, 0.05) is 37.5 Å². The third kappa shape index (κ3) is 3.79. The molecule has 4 aromatic rings. The Labute approximate surface area is 175 Å². The van der Waals surface area contributed by atoms with E-state index in [0.29, 0.717) is 6.42 Å². The van der Waals surface area contributed by atoms with Crippen molar-refractivity contribution in [2.75, 3.05) is 36.0 Å². The minimum absolute atomic E-state index is 0.219. The number of piperazine rings is 1. The summed E-state index contributed by atoms with van der Waals surface area (Å²) >= 11 is 3.32. The molecule has 1 fully saturated rings. The molecule has 0 amide bonds. The molecule has 3 aromatic heterocycles. The maximum absolute atomic E-state index is 13.1. The van der Waals surface area contributed by atoms with E-state index in [4.69, 9.17) is 0 Å². The molecule has 0 unspecified atom stereocenters. The lowest BCUT2D eigenvalue weighted by molar-refractivity contribution is 0.627. The van der Waals surface area contributed by atoms with Gasteiger partial charge in [0.25, 0.3) is 0 Å². The van der Waals surface area contributed by atoms with Crippen molar-refractivity contribution in [1.29, 1.82) is 0 Å². The summed E-state index contributed by atoms with van der Waals surface area (Å²) < 4.78 is 13.1. The van der Waals surface area contributed by atoms with Crippen molar-refractivity contribution in [3.8, 4) is 0 Å². The summed E-state index contributed by atoms with van der Waals surface area (Å²) in [4.78, 5) is 15.8. The second kappa shape index (κ2) is 7.64. The number of aromatic nitrogens is 4. The first-order valence-electron chi connectivity index (χ1n) is 9.43. The van der Waals surface area contributed by atoms with Gasteiger partial charge in [-0.3, -0.25) is 0 Å². The molecule has 1 aliphatic heterocycles. The van der Waals surface area contributed by atoms with Crippen LogP contribution in [-0.2, 0) is 6.42 Å². The van der Waals surface area contributed by atoms with Crippen LogP contribution in [0.2, 0.25) is 0 Å². The van der Waals surface area contributed by atoms with E-state index in [9.17, 15) is 4.39 Å². The first kappa shape index (κ1) is 18.4. The van der Waals surface area contributed by atoms with E-state index in [1.54, 1.807) is 41.1 Å². The van der Waals surface area contributed by atoms with Gasteiger partial charge < -0.3 is 9.80 Å². The molecule has 5 rings (SSSR count). The van der Waals surface area contributed by atoms with Gasteiger partial charge in [-0.05, 0) is 30.7 Å². The van der Waals surface area contributed by atoms with Gasteiger partial charge in [0.05, 0.1) is 5.39 Å². The van der Waals surface area contributed by atoms with E-state index < -0.39 is 0 Å². The van der Waals surface area contributed by atoms with Crippen LogP contribution in [0.15, 0.2) is 36.7 Å². The number of thiophene rings is 1. The Morgan fingerprint density at radius 1 is 0.966 bits per heavy atom. The first-order chi connectivity index (χ1) is 14.2. The van der Waals surface area contributed by atoms with E-state index in [1.807, 2.05) is 0 Å². The largest absolute Gasteiger partial charge is 0.352 e. The first-order valence-corrected chi connectivity index (χ1v) is 11.1. The van der Waals surface area contributed by atoms with Gasteiger partial charge in [-0.25, -0.2) is 14.4 Å². The van der Waals surface area contributed by atoms with Gasteiger partial charge >= 0.3 is 0 Å². The molecule has 1 saturated heterocycles. The van der Waals surface area contributed by atoms with Crippen LogP contribution in [0.3, 0.4) is 0 Å². The fraction of sp³-hybridized carbons (Fsp3) is 0.300. The normalized spacial score (nSPS) is 14.7. The van der Waals surface area contributed by atoms with Crippen molar-refractivity contribution >= 4 is 43.8 Å². The molecule has 0 spiro atoms. The summed E-state index contributed by atoms with van der Waals surface area (Å²) in [5, 5.41) is 11.7. The molecule has 1 aliphatic rings. The molecular weight excluding hydrogens is 407 g/mol. The highest BCUT2D eigenvalue weighted by Crippen LogP contribution is 2.31. The number of aryl methyl sites for hydroxylation is 1. The maximum atomic E-state index is 13.1. The van der Waals surface area contributed by atoms with Crippen molar-refractivity contribution < 1.29 is 4.39 Å². The van der Waals surface area contributed by atoms with Crippen LogP contribution in [0.5, 0.6) is 0 Å². The summed E-state index contributed by atoms with van der Waals surface area (Å²) in [6.45, 7) is 5.62. The topological polar surface area (TPSA) is 58.0 Å². The zero-order chi connectivity index (χ0) is 19.8. The smallest absolute Gasteiger partial charge is 0.208 e. The summed E-state index contributed by atoms with van der Waals surface area (Å²) in [5.41, 5.74) is 1.04. The van der Waals surface area contributed by atoms with E-state index >= 15 is 0 Å². The number of halogens is 1. The summed E-state index contributed by atoms with van der Waals surface area (Å²) in [5.74, 6) is 0.802. The molecule has 4 heterocycles. The molecule has 6 nitrogen and oxygen atoms in total. The summed E-state index contributed by atoms with van der Waals surface area (Å²) in [6.07, 6.45) is 2.33. The minimum Gasteiger partial charge on any atom is -0.352 e. The van der Waals surface area contributed by atoms with E-state index in [-0.39, 0.29) is 5.82 Å². The molecule has 0 N–H and O–H groups in total. The van der Waals surface area contributed by atoms with Crippen LogP contribution in [-0.4, -0.2) is 46.3 Å². The van der Waals surface area contributed by atoms with Gasteiger partial charge in [0.15, 0.2) is 0 Å². The number of benzene rings is 1. The highest BCUT2D eigenvalue weighted by molar-refractivity contribution is 7.18. The van der Waals surface area contributed by atoms with Crippen LogP contribution < -0.4 is 9.80 Å². The maximum Gasteiger partial charge on any atom is 0.208 e. The van der Waals surface area contributed by atoms with Crippen molar-refractivity contribution in [3.63, 3.8) is 0 Å². The van der Waals surface area contributed by atoms with Crippen molar-refractivity contribution in [2.45, 2.75) is 13.3 Å². The van der Waals surface area contributed by atoms with E-state index in [2.05, 4.69) is 43.0 Å². The van der Waals surface area contributed by atoms with Gasteiger partial charge in [0.1, 0.15) is 27.8 Å². The van der Waals surface area contributed by atoms with Gasteiger partial charge in [-0.1, -0.05) is 23.5 Å². The molecule has 29 heavy (non-hydrogen) atoms. The zero-order valence-corrected chi connectivity index (χ0v) is 17.5. The van der Waals surface area contributed by atoms with Crippen molar-refractivity contribution in [3.05, 3.63) is 57.9 Å². The van der Waals surface area contributed by atoms with Crippen LogP contribution in [0, 0.1) is 12.7 Å². The van der Waals surface area contributed by atoms with Gasteiger partial charge in [-0.15, -0.1) is 21.5 Å². The average Bonchev–Trinajstić information content (AvgIpc) is 3.35. The molecule has 1 aromatic carbocycles. The molecular formula is C20H19FN6S2. The predicted octanol–water partition coefficient (Wildman–Crippen LogP) is 3.91. The Balaban J connectivity index is 1.26. The Bertz CT molecular complexity index is 1130. The third-order valence-electron chi connectivity index (χ3n) is 5.01. The number of fused-ring (bicyclic) bond motifs is 1. The molecule has 0 aliphatic carbocycles. The van der Waals surface area contributed by atoms with Crippen LogP contribution in [0.4, 0.5) is 15.3 Å². The lowest BCUT2D eigenvalue weighted by Crippen LogP contribution is -2.46. The standard InChI is InChI=1S/C20H19FN6S2/c1-13-10-16-18(22-12-23-19(16)28-13)26-6-8-27(9-7-26)20-25-24-17(29-20)11-14-2-4-15(21)5-3-14/h2-5,10,12H,6-9,11H2,1H3. The third-order valence-corrected chi connectivity index (χ3v) is 6.95. The second-order valence-corrected chi connectivity index (χ2v) is 9.30. The lowest BCUT2D eigenvalue weighted by Gasteiger charge is -2.35. The molecule has 0 atom stereocenters. The molecule has 0 bridgehead atoms. The fourth-order valence-corrected chi connectivity index (χ4v) is 5.31. The average molecular weight is 427 g/mol. The number of rotatable bonds is 4. The van der Waals surface area contributed by atoms with Gasteiger partial charge in [0.2, 0.25) is 5.13 Å². The van der Waals surface area contributed by atoms with Crippen molar-refractivity contribution in [2.24, 2.45) is 0 Å². The predicted molar refractivity (Wildman–Crippen MR) is 116 cm³/mol. The van der Waals surface area contributed by atoms with E-state index in [1.165, 1.54) is 17.0 Å². The van der Waals surface area contributed by atoms with Crippen molar-refractivity contribution in [1.82, 2.24) is 20.2 Å². The van der Waals surface area contributed by atoms with Gasteiger partial charge in [-0.2, -0.15) is 0 Å². The number of hydrogen-bond donors (Lipinski definition) is 0. The van der Waals surface area contributed by atoms with Crippen LogP contribution >= 0.6 is 22.7 Å². The monoisotopic (exact) mass is 426 g/mol.